The first-order chi connectivity index (χ1) is 9.05. The predicted octanol–water partition coefficient (Wildman–Crippen LogP) is 2.15. The van der Waals surface area contributed by atoms with E-state index >= 15 is 0 Å². The fourth-order valence-corrected chi connectivity index (χ4v) is 2.56. The summed E-state index contributed by atoms with van der Waals surface area (Å²) in [4.78, 5) is 17.4. The molecule has 1 saturated heterocycles. The molecule has 100 valence electrons. The largest absolute Gasteiger partial charge is 0.390 e. The minimum Gasteiger partial charge on any atom is -0.390 e. The number of nitrogens with zero attached hydrogens (tertiary/aromatic N) is 1. The molecule has 1 amide bonds. The van der Waals surface area contributed by atoms with Gasteiger partial charge in [0.05, 0.1) is 5.60 Å². The monoisotopic (exact) mass is 258 g/mol. The SMILES string of the molecule is CC1(O)CCN(C(=O)c2ccc3[nH]ccc3c2)CC1. The second-order valence-electron chi connectivity index (χ2n) is 5.57. The molecular formula is C15H18N2O2. The van der Waals surface area contributed by atoms with Gasteiger partial charge in [0.15, 0.2) is 0 Å². The van der Waals surface area contributed by atoms with Gasteiger partial charge in [-0.25, -0.2) is 0 Å². The summed E-state index contributed by atoms with van der Waals surface area (Å²) in [6.07, 6.45) is 3.16. The van der Waals surface area contributed by atoms with Crippen LogP contribution in [0.3, 0.4) is 0 Å². The van der Waals surface area contributed by atoms with Crippen molar-refractivity contribution in [2.45, 2.75) is 25.4 Å². The molecule has 2 aromatic rings. The Kier molecular flexibility index (Phi) is 2.82. The van der Waals surface area contributed by atoms with Gasteiger partial charge in [-0.3, -0.25) is 4.79 Å². The molecule has 2 heterocycles. The number of carbonyl (C=O) groups is 1. The van der Waals surface area contributed by atoms with E-state index in [0.29, 0.717) is 31.5 Å². The van der Waals surface area contributed by atoms with Crippen LogP contribution in [0.2, 0.25) is 0 Å². The van der Waals surface area contributed by atoms with Gasteiger partial charge in [0.2, 0.25) is 0 Å². The molecule has 0 bridgehead atoms. The Balaban J connectivity index is 1.80. The van der Waals surface area contributed by atoms with Crippen LogP contribution >= 0.6 is 0 Å². The number of hydrogen-bond acceptors (Lipinski definition) is 2. The van der Waals surface area contributed by atoms with Gasteiger partial charge in [0, 0.05) is 35.8 Å². The lowest BCUT2D eigenvalue weighted by Gasteiger charge is -2.35. The maximum absolute atomic E-state index is 12.4. The van der Waals surface area contributed by atoms with Crippen molar-refractivity contribution >= 4 is 16.8 Å². The fraction of sp³-hybridized carbons (Fsp3) is 0.400. The minimum atomic E-state index is -0.624. The molecule has 0 saturated carbocycles. The van der Waals surface area contributed by atoms with Gasteiger partial charge >= 0.3 is 0 Å². The number of nitrogens with one attached hydrogen (secondary N) is 1. The lowest BCUT2D eigenvalue weighted by Crippen LogP contribution is -2.45. The van der Waals surface area contributed by atoms with Crippen LogP contribution in [0.4, 0.5) is 0 Å². The first-order valence-corrected chi connectivity index (χ1v) is 6.64. The first kappa shape index (κ1) is 12.2. The van der Waals surface area contributed by atoms with E-state index in [9.17, 15) is 9.90 Å². The molecular weight excluding hydrogens is 240 g/mol. The van der Waals surface area contributed by atoms with Gasteiger partial charge in [0.1, 0.15) is 0 Å². The standard InChI is InChI=1S/C15H18N2O2/c1-15(19)5-8-17(9-6-15)14(18)12-2-3-13-11(10-12)4-7-16-13/h2-4,7,10,16,19H,5-6,8-9H2,1H3. The van der Waals surface area contributed by atoms with E-state index in [1.165, 1.54) is 0 Å². The smallest absolute Gasteiger partial charge is 0.253 e. The molecule has 1 fully saturated rings. The molecule has 0 unspecified atom stereocenters. The lowest BCUT2D eigenvalue weighted by molar-refractivity contribution is -0.00201. The van der Waals surface area contributed by atoms with Crippen molar-refractivity contribution in [3.05, 3.63) is 36.0 Å². The number of fused-ring (bicyclic) bond motifs is 1. The lowest BCUT2D eigenvalue weighted by atomic mass is 9.93. The average Bonchev–Trinajstić information content (AvgIpc) is 2.85. The van der Waals surface area contributed by atoms with E-state index in [4.69, 9.17) is 0 Å². The highest BCUT2D eigenvalue weighted by atomic mass is 16.3. The number of benzene rings is 1. The number of carbonyl (C=O) groups excluding carboxylic acids is 1. The molecule has 1 aromatic heterocycles. The normalized spacial score (nSPS) is 18.7. The number of aromatic amines is 1. The number of H-pyrrole nitrogens is 1. The minimum absolute atomic E-state index is 0.0543. The molecule has 1 aromatic carbocycles. The number of hydrogen-bond donors (Lipinski definition) is 2. The highest BCUT2D eigenvalue weighted by Crippen LogP contribution is 2.23. The number of aliphatic hydroxyl groups is 1. The van der Waals surface area contributed by atoms with E-state index < -0.39 is 5.60 Å². The molecule has 2 N–H and O–H groups in total. The quantitative estimate of drug-likeness (QED) is 0.823. The third-order valence-electron chi connectivity index (χ3n) is 3.93. The number of aromatic nitrogens is 1. The summed E-state index contributed by atoms with van der Waals surface area (Å²) in [5.41, 5.74) is 1.13. The molecule has 4 heteroatoms. The molecule has 19 heavy (non-hydrogen) atoms. The van der Waals surface area contributed by atoms with Gasteiger partial charge < -0.3 is 15.0 Å². The highest BCUT2D eigenvalue weighted by Gasteiger charge is 2.29. The highest BCUT2D eigenvalue weighted by molar-refractivity contribution is 5.98. The van der Waals surface area contributed by atoms with Crippen molar-refractivity contribution in [3.63, 3.8) is 0 Å². The number of rotatable bonds is 1. The second-order valence-corrected chi connectivity index (χ2v) is 5.57. The summed E-state index contributed by atoms with van der Waals surface area (Å²) in [5, 5.41) is 11.0. The van der Waals surface area contributed by atoms with Crippen LogP contribution in [-0.4, -0.2) is 39.6 Å². The van der Waals surface area contributed by atoms with Crippen LogP contribution in [0.25, 0.3) is 10.9 Å². The van der Waals surface area contributed by atoms with Gasteiger partial charge in [-0.2, -0.15) is 0 Å². The van der Waals surface area contributed by atoms with Crippen LogP contribution < -0.4 is 0 Å². The second kappa shape index (κ2) is 4.38. The number of amides is 1. The van der Waals surface area contributed by atoms with Crippen molar-refractivity contribution in [2.24, 2.45) is 0 Å². The molecule has 0 aliphatic carbocycles. The van der Waals surface area contributed by atoms with Crippen molar-refractivity contribution in [3.8, 4) is 0 Å². The third kappa shape index (κ3) is 2.36. The molecule has 3 rings (SSSR count). The number of likely N-dealkylation sites (tertiary alicyclic amines) is 1. The topological polar surface area (TPSA) is 56.3 Å². The molecule has 0 spiro atoms. The van der Waals surface area contributed by atoms with Gasteiger partial charge in [0.25, 0.3) is 5.91 Å². The summed E-state index contributed by atoms with van der Waals surface area (Å²) in [6.45, 7) is 3.08. The van der Waals surface area contributed by atoms with Crippen LogP contribution in [0.1, 0.15) is 30.1 Å². The Bertz CT molecular complexity index is 605. The van der Waals surface area contributed by atoms with Gasteiger partial charge in [-0.1, -0.05) is 0 Å². The Labute approximate surface area is 112 Å². The van der Waals surface area contributed by atoms with Gasteiger partial charge in [-0.15, -0.1) is 0 Å². The zero-order chi connectivity index (χ0) is 13.5. The Hall–Kier alpha value is -1.81. The van der Waals surface area contributed by atoms with Crippen molar-refractivity contribution < 1.29 is 9.90 Å². The van der Waals surface area contributed by atoms with E-state index in [1.807, 2.05) is 42.3 Å². The summed E-state index contributed by atoms with van der Waals surface area (Å²) in [5.74, 6) is 0.0543. The zero-order valence-electron chi connectivity index (χ0n) is 11.0. The molecule has 0 atom stereocenters. The summed E-state index contributed by atoms with van der Waals surface area (Å²) >= 11 is 0. The van der Waals surface area contributed by atoms with Crippen LogP contribution in [0.5, 0.6) is 0 Å². The van der Waals surface area contributed by atoms with E-state index in [-0.39, 0.29) is 5.91 Å². The molecule has 0 radical (unpaired) electrons. The average molecular weight is 258 g/mol. The van der Waals surface area contributed by atoms with Gasteiger partial charge in [-0.05, 0) is 44.0 Å². The van der Waals surface area contributed by atoms with Crippen molar-refractivity contribution in [2.75, 3.05) is 13.1 Å². The third-order valence-corrected chi connectivity index (χ3v) is 3.93. The van der Waals surface area contributed by atoms with Crippen LogP contribution in [0.15, 0.2) is 30.5 Å². The van der Waals surface area contributed by atoms with Crippen molar-refractivity contribution in [1.82, 2.24) is 9.88 Å². The maximum Gasteiger partial charge on any atom is 0.253 e. The Morgan fingerprint density at radius 3 is 2.79 bits per heavy atom. The Morgan fingerprint density at radius 1 is 1.32 bits per heavy atom. The Morgan fingerprint density at radius 2 is 2.05 bits per heavy atom. The summed E-state index contributed by atoms with van der Waals surface area (Å²) in [6, 6.07) is 7.67. The molecule has 4 nitrogen and oxygen atoms in total. The summed E-state index contributed by atoms with van der Waals surface area (Å²) in [7, 11) is 0. The first-order valence-electron chi connectivity index (χ1n) is 6.64. The van der Waals surface area contributed by atoms with Crippen LogP contribution in [-0.2, 0) is 0 Å². The summed E-state index contributed by atoms with van der Waals surface area (Å²) < 4.78 is 0. The van der Waals surface area contributed by atoms with Crippen LogP contribution in [0, 0.1) is 0 Å². The molecule has 1 aliphatic heterocycles. The van der Waals surface area contributed by atoms with E-state index in [0.717, 1.165) is 10.9 Å². The van der Waals surface area contributed by atoms with Crippen molar-refractivity contribution in [1.29, 1.82) is 0 Å². The maximum atomic E-state index is 12.4. The predicted molar refractivity (Wildman–Crippen MR) is 74.1 cm³/mol. The zero-order valence-corrected chi connectivity index (χ0v) is 11.0. The number of piperidine rings is 1. The van der Waals surface area contributed by atoms with E-state index in [1.54, 1.807) is 0 Å². The fourth-order valence-electron chi connectivity index (χ4n) is 2.56. The van der Waals surface area contributed by atoms with E-state index in [2.05, 4.69) is 4.98 Å². The molecule has 1 aliphatic rings.